The Kier molecular flexibility index (Phi) is 10.3. The molecule has 2 heterocycles. The summed E-state index contributed by atoms with van der Waals surface area (Å²) in [5.74, 6) is 0. The van der Waals surface area contributed by atoms with Crippen LogP contribution >= 0.6 is 11.3 Å². The fraction of sp³-hybridized carbons (Fsp3) is 0.118. The number of allylic oxidation sites excluding steroid dienone is 8. The van der Waals surface area contributed by atoms with Gasteiger partial charge in [0.25, 0.3) is 8.40 Å². The predicted octanol–water partition coefficient (Wildman–Crippen LogP) is 11.6. The number of thiazole rings is 1. The summed E-state index contributed by atoms with van der Waals surface area (Å²) in [5.41, 5.74) is 10.0. The Morgan fingerprint density at radius 1 is 0.651 bits per heavy atom. The first-order valence-electron chi connectivity index (χ1n) is 21.0. The molecular formula is C51H44N8SSi3. The van der Waals surface area contributed by atoms with Crippen molar-refractivity contribution >= 4 is 104 Å². The number of aromatic nitrogens is 1. The first kappa shape index (κ1) is 40.5. The van der Waals surface area contributed by atoms with Crippen molar-refractivity contribution in [3.63, 3.8) is 0 Å². The van der Waals surface area contributed by atoms with Crippen LogP contribution in [-0.4, -0.2) is 54.1 Å². The van der Waals surface area contributed by atoms with E-state index in [0.717, 1.165) is 82.0 Å². The highest BCUT2D eigenvalue weighted by atomic mass is 32.1. The van der Waals surface area contributed by atoms with Crippen molar-refractivity contribution in [2.45, 2.75) is 39.3 Å². The molecule has 1 aliphatic heterocycles. The van der Waals surface area contributed by atoms with Crippen LogP contribution in [0.2, 0.25) is 39.3 Å². The molecule has 2 N–H and O–H groups in total. The summed E-state index contributed by atoms with van der Waals surface area (Å²) in [7, 11) is -4.80. The molecule has 0 unspecified atom stereocenters. The standard InChI is InChI=1S/C51H44N8SSi3/c1-61(2)55-40-19-13-20-41(47(40)53)59(42-29-27-38(46(52)49(42)56-62(3)4)45-35-16-9-7-14-33(35)30-34-15-8-10-17-36(34)45)43-28-26-37(48-50(43)58-63(5,6)57-48)31-22-24-32(25-23-31)51-54-39-18-11-12-21-44(39)60-51/h7-30,52-53H,1-6H3/b52-46?,53-47?,55-40-,56-49-. The van der Waals surface area contributed by atoms with Gasteiger partial charge >= 0.3 is 0 Å². The topological polar surface area (TPSA) is 113 Å². The molecule has 0 fully saturated rings. The highest BCUT2D eigenvalue weighted by Gasteiger charge is 2.35. The van der Waals surface area contributed by atoms with Crippen LogP contribution in [0.5, 0.6) is 0 Å². The van der Waals surface area contributed by atoms with Gasteiger partial charge in [0.2, 0.25) is 0 Å². The number of hydrogen-bond acceptors (Lipinski definition) is 9. The molecule has 0 saturated heterocycles. The van der Waals surface area contributed by atoms with E-state index in [1.807, 2.05) is 24.3 Å². The maximum Gasteiger partial charge on any atom is 0.298 e. The van der Waals surface area contributed by atoms with E-state index < -0.39 is 26.3 Å². The molecule has 0 spiro atoms. The van der Waals surface area contributed by atoms with Crippen molar-refractivity contribution < 1.29 is 0 Å². The number of hydrogen-bond donors (Lipinski definition) is 2. The average molecular weight is 885 g/mol. The third kappa shape index (κ3) is 7.38. The van der Waals surface area contributed by atoms with Crippen molar-refractivity contribution in [1.29, 1.82) is 10.8 Å². The summed E-state index contributed by atoms with van der Waals surface area (Å²) in [6.45, 7) is 12.9. The zero-order valence-electron chi connectivity index (χ0n) is 35.9. The smallest absolute Gasteiger partial charge is 0.298 e. The lowest BCUT2D eigenvalue weighted by Gasteiger charge is -2.34. The molecule has 12 heteroatoms. The summed E-state index contributed by atoms with van der Waals surface area (Å²) >= 11 is 1.70. The first-order chi connectivity index (χ1) is 30.4. The quantitative estimate of drug-likeness (QED) is 0.0899. The minimum atomic E-state index is -2.47. The molecule has 306 valence electrons. The fourth-order valence-corrected chi connectivity index (χ4v) is 12.5. The molecule has 0 atom stereocenters. The third-order valence-corrected chi connectivity index (χ3v) is 15.2. The zero-order chi connectivity index (χ0) is 43.6. The second-order valence-corrected chi connectivity index (χ2v) is 25.5. The Labute approximate surface area is 375 Å². The summed E-state index contributed by atoms with van der Waals surface area (Å²) in [4.78, 5) is 7.02. The van der Waals surface area contributed by atoms with Crippen molar-refractivity contribution in [3.05, 3.63) is 173 Å². The maximum atomic E-state index is 10.1. The van der Waals surface area contributed by atoms with Crippen LogP contribution in [0.4, 0.5) is 5.69 Å². The van der Waals surface area contributed by atoms with Crippen molar-refractivity contribution in [2.24, 2.45) is 18.6 Å². The SMILES string of the molecule is C[Si](C)/N=C1/C=CC=C(N(C2=CC=C(c3c4ccccc4cc4ccccc34)C(=N)/C2=N\[Si](C)C)c2ccc(-c3ccc(-c4nc5ccccc5s4)cc3)c3c2=N[Si](C)(C)N=3)C1=N. The van der Waals surface area contributed by atoms with E-state index in [4.69, 9.17) is 23.6 Å². The molecule has 0 saturated carbocycles. The molecule has 7 aromatic rings. The number of anilines is 1. The minimum Gasteiger partial charge on any atom is -0.321 e. The van der Waals surface area contributed by atoms with Gasteiger partial charge in [0.1, 0.15) is 10.7 Å². The monoisotopic (exact) mass is 884 g/mol. The van der Waals surface area contributed by atoms with E-state index in [2.05, 4.69) is 166 Å². The van der Waals surface area contributed by atoms with E-state index in [-0.39, 0.29) is 0 Å². The van der Waals surface area contributed by atoms with Gasteiger partial charge in [0.05, 0.1) is 55.1 Å². The Bertz CT molecular complexity index is 3340. The van der Waals surface area contributed by atoms with Gasteiger partial charge in [-0.3, -0.25) is 20.1 Å². The molecule has 0 bridgehead atoms. The highest BCUT2D eigenvalue weighted by Crippen LogP contribution is 2.38. The molecule has 2 aliphatic carbocycles. The number of nitrogens with zero attached hydrogens (tertiary/aromatic N) is 6. The minimum absolute atomic E-state index is 0.318. The number of fused-ring (bicyclic) bond motifs is 4. The third-order valence-electron chi connectivity index (χ3n) is 11.3. The number of benzene rings is 6. The molecule has 63 heavy (non-hydrogen) atoms. The lowest BCUT2D eigenvalue weighted by molar-refractivity contribution is 1.14. The van der Waals surface area contributed by atoms with Gasteiger partial charge in [-0.2, -0.15) is 0 Å². The van der Waals surface area contributed by atoms with Crippen LogP contribution in [0.1, 0.15) is 5.56 Å². The van der Waals surface area contributed by atoms with Gasteiger partial charge in [-0.1, -0.05) is 123 Å². The van der Waals surface area contributed by atoms with Crippen LogP contribution in [0, 0.1) is 10.8 Å². The van der Waals surface area contributed by atoms with Gasteiger partial charge in [-0.15, -0.1) is 11.3 Å². The van der Waals surface area contributed by atoms with E-state index in [1.54, 1.807) is 11.3 Å². The Morgan fingerprint density at radius 3 is 2.00 bits per heavy atom. The largest absolute Gasteiger partial charge is 0.321 e. The van der Waals surface area contributed by atoms with Crippen molar-refractivity contribution in [3.8, 4) is 21.7 Å². The van der Waals surface area contributed by atoms with Gasteiger partial charge in [-0.05, 0) is 94.3 Å². The summed E-state index contributed by atoms with van der Waals surface area (Å²) < 4.78 is 22.3. The lowest BCUT2D eigenvalue weighted by Crippen LogP contribution is -2.42. The van der Waals surface area contributed by atoms with Crippen LogP contribution in [0.15, 0.2) is 176 Å². The van der Waals surface area contributed by atoms with Crippen molar-refractivity contribution in [2.75, 3.05) is 4.90 Å². The Balaban J connectivity index is 1.18. The molecule has 8 nitrogen and oxygen atoms in total. The summed E-state index contributed by atoms with van der Waals surface area (Å²) in [6.07, 6.45) is 10.1. The van der Waals surface area contributed by atoms with Crippen LogP contribution in [0.3, 0.4) is 0 Å². The molecule has 3 aliphatic rings. The second-order valence-electron chi connectivity index (χ2n) is 16.8. The van der Waals surface area contributed by atoms with Gasteiger partial charge in [-0.25, -0.2) is 4.98 Å². The highest BCUT2D eigenvalue weighted by molar-refractivity contribution is 7.21. The van der Waals surface area contributed by atoms with E-state index >= 15 is 0 Å². The molecule has 2 radical (unpaired) electrons. The number of nitrogens with one attached hydrogen (secondary N) is 2. The second kappa shape index (κ2) is 16.0. The first-order valence-corrected chi connectivity index (χ1v) is 29.6. The van der Waals surface area contributed by atoms with Gasteiger partial charge < -0.3 is 14.2 Å². The lowest BCUT2D eigenvalue weighted by atomic mass is 9.85. The van der Waals surface area contributed by atoms with Gasteiger partial charge in [0, 0.05) is 16.7 Å². The zero-order valence-corrected chi connectivity index (χ0v) is 39.8. The molecule has 10 rings (SSSR count). The van der Waals surface area contributed by atoms with E-state index in [1.165, 1.54) is 4.70 Å². The predicted molar refractivity (Wildman–Crippen MR) is 273 cm³/mol. The van der Waals surface area contributed by atoms with E-state index in [9.17, 15) is 10.8 Å². The number of para-hydroxylation sites is 1. The van der Waals surface area contributed by atoms with Crippen LogP contribution < -0.4 is 15.6 Å². The molecule has 0 amide bonds. The normalized spacial score (nSPS) is 17.1. The molecule has 1 aromatic heterocycles. The van der Waals surface area contributed by atoms with Gasteiger partial charge in [0.15, 0.2) is 17.9 Å². The number of rotatable bonds is 8. The summed E-state index contributed by atoms with van der Waals surface area (Å²) in [6, 6.07) is 40.2. The fourth-order valence-electron chi connectivity index (χ4n) is 8.61. The Hall–Kier alpha value is -6.58. The van der Waals surface area contributed by atoms with Crippen LogP contribution in [0.25, 0.3) is 59.0 Å². The summed E-state index contributed by atoms with van der Waals surface area (Å²) in [5, 5.41) is 26.9. The maximum absolute atomic E-state index is 10.1. The average Bonchev–Trinajstić information content (AvgIpc) is 3.85. The van der Waals surface area contributed by atoms with Crippen LogP contribution in [-0.2, 0) is 0 Å². The van der Waals surface area contributed by atoms with E-state index in [0.29, 0.717) is 28.5 Å². The Morgan fingerprint density at radius 2 is 1.30 bits per heavy atom. The van der Waals surface area contributed by atoms with Crippen molar-refractivity contribution in [1.82, 2.24) is 4.98 Å². The molecular weight excluding hydrogens is 841 g/mol. The molecule has 6 aromatic carbocycles.